The molecule has 0 spiro atoms. The van der Waals surface area contributed by atoms with Gasteiger partial charge in [-0.1, -0.05) is 39.0 Å². The van der Waals surface area contributed by atoms with Gasteiger partial charge in [0.1, 0.15) is 0 Å². The third-order valence-corrected chi connectivity index (χ3v) is 3.18. The maximum absolute atomic E-state index is 3.50. The molecule has 98 valence electrons. The number of hydrogen-bond acceptors (Lipinski definition) is 1. The van der Waals surface area contributed by atoms with Gasteiger partial charge in [0, 0.05) is 19.3 Å². The van der Waals surface area contributed by atoms with Crippen molar-refractivity contribution in [3.63, 3.8) is 0 Å². The first-order valence-electron chi connectivity index (χ1n) is 6.99. The minimum absolute atomic E-state index is 0.678. The lowest BCUT2D eigenvalue weighted by atomic mass is 10.1. The molecule has 0 amide bonds. The van der Waals surface area contributed by atoms with Gasteiger partial charge in [-0.25, -0.2) is 0 Å². The second-order valence-corrected chi connectivity index (χ2v) is 5.39. The zero-order valence-electron chi connectivity index (χ0n) is 11.7. The van der Waals surface area contributed by atoms with E-state index in [-0.39, 0.29) is 0 Å². The predicted molar refractivity (Wildman–Crippen MR) is 78.8 cm³/mol. The summed E-state index contributed by atoms with van der Waals surface area (Å²) < 4.78 is 2.39. The maximum Gasteiger partial charge on any atom is 0.0525 e. The standard InChI is InChI=1S/C16H24N2/c1-4-9-17-11-15-7-5-6-14-8-10-18(16(14)15)12-13(2)3/h5-8,10,13,17H,4,9,11-12H2,1-3H3. The van der Waals surface area contributed by atoms with Gasteiger partial charge in [-0.3, -0.25) is 0 Å². The Morgan fingerprint density at radius 1 is 1.22 bits per heavy atom. The molecule has 0 aliphatic heterocycles. The van der Waals surface area contributed by atoms with Crippen LogP contribution in [0.5, 0.6) is 0 Å². The zero-order chi connectivity index (χ0) is 13.0. The maximum atomic E-state index is 3.50. The van der Waals surface area contributed by atoms with Crippen LogP contribution in [0.15, 0.2) is 30.5 Å². The number of hydrogen-bond donors (Lipinski definition) is 1. The molecule has 18 heavy (non-hydrogen) atoms. The van der Waals surface area contributed by atoms with Crippen LogP contribution >= 0.6 is 0 Å². The molecule has 2 heteroatoms. The fraction of sp³-hybridized carbons (Fsp3) is 0.500. The van der Waals surface area contributed by atoms with Crippen LogP contribution in [0.3, 0.4) is 0 Å². The van der Waals surface area contributed by atoms with Crippen LogP contribution < -0.4 is 5.32 Å². The summed E-state index contributed by atoms with van der Waals surface area (Å²) >= 11 is 0. The fourth-order valence-corrected chi connectivity index (χ4v) is 2.43. The zero-order valence-corrected chi connectivity index (χ0v) is 11.7. The highest BCUT2D eigenvalue weighted by Gasteiger charge is 2.07. The first-order chi connectivity index (χ1) is 8.72. The van der Waals surface area contributed by atoms with Crippen molar-refractivity contribution < 1.29 is 0 Å². The Hall–Kier alpha value is -1.28. The number of benzene rings is 1. The predicted octanol–water partition coefficient (Wildman–Crippen LogP) is 3.80. The van der Waals surface area contributed by atoms with Gasteiger partial charge in [0.15, 0.2) is 0 Å². The molecular formula is C16H24N2. The van der Waals surface area contributed by atoms with E-state index in [1.807, 2.05) is 0 Å². The second kappa shape index (κ2) is 6.05. The molecule has 2 nitrogen and oxygen atoms in total. The molecule has 1 aromatic carbocycles. The van der Waals surface area contributed by atoms with Crippen LogP contribution in [0, 0.1) is 5.92 Å². The minimum atomic E-state index is 0.678. The number of nitrogens with one attached hydrogen (secondary N) is 1. The van der Waals surface area contributed by atoms with Gasteiger partial charge in [0.2, 0.25) is 0 Å². The normalized spacial score (nSPS) is 11.6. The van der Waals surface area contributed by atoms with Gasteiger partial charge in [0.25, 0.3) is 0 Å². The molecule has 1 heterocycles. The quantitative estimate of drug-likeness (QED) is 0.765. The second-order valence-electron chi connectivity index (χ2n) is 5.39. The van der Waals surface area contributed by atoms with E-state index in [0.29, 0.717) is 5.92 Å². The van der Waals surface area contributed by atoms with Gasteiger partial charge < -0.3 is 9.88 Å². The van der Waals surface area contributed by atoms with Gasteiger partial charge in [-0.05, 0) is 35.9 Å². The number of rotatable bonds is 6. The third-order valence-electron chi connectivity index (χ3n) is 3.18. The summed E-state index contributed by atoms with van der Waals surface area (Å²) in [7, 11) is 0. The van der Waals surface area contributed by atoms with Crippen LogP contribution in [-0.2, 0) is 13.1 Å². The summed E-state index contributed by atoms with van der Waals surface area (Å²) in [5.41, 5.74) is 2.81. The summed E-state index contributed by atoms with van der Waals surface area (Å²) in [6.07, 6.45) is 3.40. The summed E-state index contributed by atoms with van der Waals surface area (Å²) in [6, 6.07) is 8.82. The molecule has 0 aliphatic carbocycles. The fourth-order valence-electron chi connectivity index (χ4n) is 2.43. The van der Waals surface area contributed by atoms with E-state index in [2.05, 4.69) is 61.1 Å². The Morgan fingerprint density at radius 3 is 2.78 bits per heavy atom. The molecule has 2 rings (SSSR count). The number of fused-ring (bicyclic) bond motifs is 1. The number of nitrogens with zero attached hydrogens (tertiary/aromatic N) is 1. The molecular weight excluding hydrogens is 220 g/mol. The summed E-state index contributed by atoms with van der Waals surface area (Å²) in [5, 5.41) is 4.85. The third kappa shape index (κ3) is 2.94. The minimum Gasteiger partial charge on any atom is -0.347 e. The van der Waals surface area contributed by atoms with Crippen molar-refractivity contribution in [2.24, 2.45) is 5.92 Å². The van der Waals surface area contributed by atoms with Crippen LogP contribution in [0.25, 0.3) is 10.9 Å². The van der Waals surface area contributed by atoms with E-state index in [9.17, 15) is 0 Å². The Balaban J connectivity index is 2.29. The Morgan fingerprint density at radius 2 is 2.06 bits per heavy atom. The SMILES string of the molecule is CCCNCc1cccc2ccn(CC(C)C)c12. The van der Waals surface area contributed by atoms with E-state index in [4.69, 9.17) is 0 Å². The lowest BCUT2D eigenvalue weighted by Crippen LogP contribution is -2.15. The molecule has 0 aliphatic rings. The summed E-state index contributed by atoms with van der Waals surface area (Å²) in [4.78, 5) is 0. The number of aromatic nitrogens is 1. The van der Waals surface area contributed by atoms with Crippen LogP contribution in [0.1, 0.15) is 32.8 Å². The van der Waals surface area contributed by atoms with Gasteiger partial charge >= 0.3 is 0 Å². The average molecular weight is 244 g/mol. The van der Waals surface area contributed by atoms with Crippen LogP contribution in [0.2, 0.25) is 0 Å². The molecule has 0 saturated carbocycles. The highest BCUT2D eigenvalue weighted by molar-refractivity contribution is 5.83. The Labute approximate surface area is 110 Å². The van der Waals surface area contributed by atoms with Crippen molar-refractivity contribution in [1.82, 2.24) is 9.88 Å². The molecule has 0 fully saturated rings. The van der Waals surface area contributed by atoms with E-state index in [0.717, 1.165) is 19.6 Å². The van der Waals surface area contributed by atoms with Gasteiger partial charge in [-0.2, -0.15) is 0 Å². The Kier molecular flexibility index (Phi) is 4.43. The van der Waals surface area contributed by atoms with E-state index in [1.165, 1.54) is 22.9 Å². The average Bonchev–Trinajstić information content (AvgIpc) is 2.73. The first-order valence-corrected chi connectivity index (χ1v) is 6.99. The first kappa shape index (κ1) is 13.2. The highest BCUT2D eigenvalue weighted by Crippen LogP contribution is 2.21. The van der Waals surface area contributed by atoms with Crippen molar-refractivity contribution >= 4 is 10.9 Å². The van der Waals surface area contributed by atoms with Crippen molar-refractivity contribution in [2.75, 3.05) is 6.54 Å². The van der Waals surface area contributed by atoms with E-state index >= 15 is 0 Å². The summed E-state index contributed by atoms with van der Waals surface area (Å²) in [5.74, 6) is 0.678. The van der Waals surface area contributed by atoms with Crippen molar-refractivity contribution in [3.8, 4) is 0 Å². The van der Waals surface area contributed by atoms with Gasteiger partial charge in [-0.15, -0.1) is 0 Å². The van der Waals surface area contributed by atoms with Gasteiger partial charge in [0.05, 0.1) is 5.52 Å². The highest BCUT2D eigenvalue weighted by atomic mass is 15.0. The molecule has 0 bridgehead atoms. The number of para-hydroxylation sites is 1. The molecule has 1 N–H and O–H groups in total. The van der Waals surface area contributed by atoms with E-state index < -0.39 is 0 Å². The molecule has 0 saturated heterocycles. The molecule has 0 unspecified atom stereocenters. The van der Waals surface area contributed by atoms with Crippen LogP contribution in [0.4, 0.5) is 0 Å². The molecule has 2 aromatic rings. The van der Waals surface area contributed by atoms with E-state index in [1.54, 1.807) is 0 Å². The van der Waals surface area contributed by atoms with Crippen LogP contribution in [-0.4, -0.2) is 11.1 Å². The molecule has 0 atom stereocenters. The largest absolute Gasteiger partial charge is 0.347 e. The molecule has 1 aromatic heterocycles. The van der Waals surface area contributed by atoms with Crippen molar-refractivity contribution in [3.05, 3.63) is 36.0 Å². The Bertz CT molecular complexity index is 497. The summed E-state index contributed by atoms with van der Waals surface area (Å²) in [6.45, 7) is 9.88. The smallest absolute Gasteiger partial charge is 0.0525 e. The molecule has 0 radical (unpaired) electrons. The monoisotopic (exact) mass is 244 g/mol. The lowest BCUT2D eigenvalue weighted by molar-refractivity contribution is 0.534. The lowest BCUT2D eigenvalue weighted by Gasteiger charge is -2.12. The van der Waals surface area contributed by atoms with Crippen molar-refractivity contribution in [1.29, 1.82) is 0 Å². The topological polar surface area (TPSA) is 17.0 Å². The van der Waals surface area contributed by atoms with Crippen molar-refractivity contribution in [2.45, 2.75) is 40.3 Å².